The molecule has 1 amide bonds. The summed E-state index contributed by atoms with van der Waals surface area (Å²) < 4.78 is 11.2. The summed E-state index contributed by atoms with van der Waals surface area (Å²) >= 11 is 0. The standard InChI is InChI=1S/C66H107NO8/c1-3-5-7-9-11-13-15-17-19-21-23-25-27-28-29-30-31-32-34-36-38-40-42-44-46-48-50-52-54-56-62(70)67-59(58-74-66-65(73)64(72)63(71)61(57-68)75-66)60(69)55-53-51-49-47-45-43-41-39-37-35-33-26-24-22-20-18-16-14-12-10-8-6-4-2/h5,7,11,13,17,19,23,25,28-29,31-32,36-39,42,44-45,47-48,50,53,55,59-61,63-66,68-69,71-73H,3-4,6,8-10,12,14-16,18,20-22,24,26-27,30,33-35,40-41,43,46,49,51-52,54,56-58H2,1-2H3,(H,67,70)/b7-5-,13-11-,19-17-,25-23-,29-28-,32-31-,38-36-,39-37+,44-42-,47-45+,50-48-,55-53+. The van der Waals surface area contributed by atoms with Gasteiger partial charge in [0, 0.05) is 6.42 Å². The Balaban J connectivity index is 2.34. The third-order valence-corrected chi connectivity index (χ3v) is 12.9. The van der Waals surface area contributed by atoms with Crippen LogP contribution in [0.3, 0.4) is 0 Å². The SMILES string of the molecule is CC/C=C\C/C=C\C/C=C\C/C=C\C/C=C\C/C=C\C/C=C\C/C=C\C/C=C\CCCC(=O)NC(COC1OC(CO)C(O)C(O)C1O)C(O)/C=C/CC/C=C/CC/C=C/CCCCCCCCCCCCCCC. The molecule has 0 saturated carbocycles. The summed E-state index contributed by atoms with van der Waals surface area (Å²) in [5.74, 6) is -0.254. The molecule has 0 bridgehead atoms. The van der Waals surface area contributed by atoms with Crippen LogP contribution < -0.4 is 5.32 Å². The number of allylic oxidation sites excluding steroid dienone is 23. The molecule has 1 fully saturated rings. The predicted molar refractivity (Wildman–Crippen MR) is 317 cm³/mol. The molecule has 0 aromatic carbocycles. The van der Waals surface area contributed by atoms with E-state index in [2.05, 4.69) is 153 Å². The van der Waals surface area contributed by atoms with Gasteiger partial charge in [-0.15, -0.1) is 0 Å². The van der Waals surface area contributed by atoms with E-state index in [4.69, 9.17) is 9.47 Å². The fourth-order valence-corrected chi connectivity index (χ4v) is 8.25. The quantitative estimate of drug-likeness (QED) is 0.0261. The minimum Gasteiger partial charge on any atom is -0.394 e. The van der Waals surface area contributed by atoms with E-state index in [9.17, 15) is 30.3 Å². The normalized spacial score (nSPS) is 20.0. The summed E-state index contributed by atoms with van der Waals surface area (Å²) in [6, 6.07) is -0.872. The van der Waals surface area contributed by atoms with E-state index in [0.29, 0.717) is 12.8 Å². The fourth-order valence-electron chi connectivity index (χ4n) is 8.25. The van der Waals surface area contributed by atoms with Gasteiger partial charge in [0.05, 0.1) is 25.4 Å². The lowest BCUT2D eigenvalue weighted by atomic mass is 9.99. The van der Waals surface area contributed by atoms with Crippen LogP contribution in [0.5, 0.6) is 0 Å². The van der Waals surface area contributed by atoms with Gasteiger partial charge in [-0.3, -0.25) is 4.79 Å². The van der Waals surface area contributed by atoms with Crippen LogP contribution in [0.4, 0.5) is 0 Å². The van der Waals surface area contributed by atoms with Gasteiger partial charge in [0.2, 0.25) is 5.91 Å². The third kappa shape index (κ3) is 42.8. The van der Waals surface area contributed by atoms with Gasteiger partial charge in [0.25, 0.3) is 0 Å². The molecule has 0 aromatic heterocycles. The second-order valence-corrected chi connectivity index (χ2v) is 19.7. The van der Waals surface area contributed by atoms with Crippen molar-refractivity contribution in [3.05, 3.63) is 146 Å². The molecular formula is C66H107NO8. The first-order chi connectivity index (χ1) is 36.8. The van der Waals surface area contributed by atoms with Crippen molar-refractivity contribution in [1.29, 1.82) is 0 Å². The van der Waals surface area contributed by atoms with Crippen LogP contribution in [0.2, 0.25) is 0 Å². The second kappa shape index (κ2) is 53.5. The predicted octanol–water partition coefficient (Wildman–Crippen LogP) is 15.1. The van der Waals surface area contributed by atoms with Crippen LogP contribution in [-0.4, -0.2) is 87.5 Å². The zero-order chi connectivity index (χ0) is 54.3. The lowest BCUT2D eigenvalue weighted by molar-refractivity contribution is -0.302. The molecule has 0 spiro atoms. The fraction of sp³-hybridized carbons (Fsp3) is 0.621. The van der Waals surface area contributed by atoms with E-state index >= 15 is 0 Å². The van der Waals surface area contributed by atoms with Gasteiger partial charge >= 0.3 is 0 Å². The summed E-state index contributed by atoms with van der Waals surface area (Å²) in [5, 5.41) is 54.5. The summed E-state index contributed by atoms with van der Waals surface area (Å²) in [6.07, 6.45) is 76.3. The van der Waals surface area contributed by atoms with Gasteiger partial charge in [0.1, 0.15) is 24.4 Å². The molecule has 0 aromatic rings. The Morgan fingerprint density at radius 1 is 0.467 bits per heavy atom. The molecule has 6 N–H and O–H groups in total. The van der Waals surface area contributed by atoms with Crippen molar-refractivity contribution in [3.8, 4) is 0 Å². The van der Waals surface area contributed by atoms with Crippen LogP contribution in [-0.2, 0) is 14.3 Å². The van der Waals surface area contributed by atoms with E-state index < -0.39 is 49.5 Å². The Bertz CT molecular complexity index is 1680. The van der Waals surface area contributed by atoms with Gasteiger partial charge < -0.3 is 40.3 Å². The molecule has 75 heavy (non-hydrogen) atoms. The van der Waals surface area contributed by atoms with Crippen LogP contribution in [0.1, 0.15) is 206 Å². The first-order valence-corrected chi connectivity index (χ1v) is 29.6. The number of unbranched alkanes of at least 4 members (excludes halogenated alkanes) is 16. The van der Waals surface area contributed by atoms with Crippen molar-refractivity contribution < 1.29 is 39.8 Å². The van der Waals surface area contributed by atoms with Crippen LogP contribution in [0, 0.1) is 0 Å². The topological polar surface area (TPSA) is 149 Å². The average molecular weight is 1040 g/mol. The molecule has 9 nitrogen and oxygen atoms in total. The Morgan fingerprint density at radius 3 is 1.28 bits per heavy atom. The lowest BCUT2D eigenvalue weighted by Gasteiger charge is -2.40. The average Bonchev–Trinajstić information content (AvgIpc) is 3.41. The summed E-state index contributed by atoms with van der Waals surface area (Å²) in [5.41, 5.74) is 0. The molecule has 9 heteroatoms. The summed E-state index contributed by atoms with van der Waals surface area (Å²) in [6.45, 7) is 3.60. The minimum absolute atomic E-state index is 0.239. The highest BCUT2D eigenvalue weighted by Crippen LogP contribution is 2.22. The highest BCUT2D eigenvalue weighted by atomic mass is 16.7. The van der Waals surface area contributed by atoms with Crippen molar-refractivity contribution in [2.24, 2.45) is 0 Å². The number of amides is 1. The summed E-state index contributed by atoms with van der Waals surface area (Å²) in [7, 11) is 0. The summed E-state index contributed by atoms with van der Waals surface area (Å²) in [4.78, 5) is 13.0. The molecule has 1 saturated heterocycles. The van der Waals surface area contributed by atoms with Crippen molar-refractivity contribution in [1.82, 2.24) is 5.32 Å². The Morgan fingerprint density at radius 2 is 0.840 bits per heavy atom. The number of rotatable bonds is 48. The van der Waals surface area contributed by atoms with Crippen molar-refractivity contribution >= 4 is 5.91 Å². The maximum absolute atomic E-state index is 13.0. The molecule has 7 unspecified atom stereocenters. The number of aliphatic hydroxyl groups excluding tert-OH is 5. The second-order valence-electron chi connectivity index (χ2n) is 19.7. The maximum atomic E-state index is 13.0. The van der Waals surface area contributed by atoms with E-state index in [-0.39, 0.29) is 18.9 Å². The smallest absolute Gasteiger partial charge is 0.220 e. The Labute approximate surface area is 457 Å². The number of carbonyl (C=O) groups is 1. The molecule has 1 aliphatic heterocycles. The minimum atomic E-state index is -1.60. The number of aliphatic hydroxyl groups is 5. The largest absolute Gasteiger partial charge is 0.394 e. The number of hydrogen-bond acceptors (Lipinski definition) is 8. The van der Waals surface area contributed by atoms with Crippen LogP contribution in [0.15, 0.2) is 146 Å². The van der Waals surface area contributed by atoms with Gasteiger partial charge in [0.15, 0.2) is 6.29 Å². The molecule has 7 atom stereocenters. The van der Waals surface area contributed by atoms with Crippen molar-refractivity contribution in [2.45, 2.75) is 249 Å². The van der Waals surface area contributed by atoms with Gasteiger partial charge in [-0.25, -0.2) is 0 Å². The number of hydrogen-bond donors (Lipinski definition) is 6. The van der Waals surface area contributed by atoms with E-state index in [1.165, 1.54) is 83.5 Å². The first kappa shape index (κ1) is 69.1. The highest BCUT2D eigenvalue weighted by Gasteiger charge is 2.44. The Kier molecular flexibility index (Phi) is 49.2. The van der Waals surface area contributed by atoms with Crippen LogP contribution in [0.25, 0.3) is 0 Å². The van der Waals surface area contributed by atoms with E-state index in [1.54, 1.807) is 6.08 Å². The monoisotopic (exact) mass is 1040 g/mol. The number of carbonyl (C=O) groups excluding carboxylic acids is 1. The van der Waals surface area contributed by atoms with Gasteiger partial charge in [-0.1, -0.05) is 237 Å². The molecule has 0 radical (unpaired) electrons. The zero-order valence-electron chi connectivity index (χ0n) is 47.0. The van der Waals surface area contributed by atoms with E-state index in [0.717, 1.165) is 89.9 Å². The molecule has 1 rings (SSSR count). The molecule has 1 heterocycles. The molecule has 1 aliphatic rings. The van der Waals surface area contributed by atoms with Crippen molar-refractivity contribution in [3.63, 3.8) is 0 Å². The van der Waals surface area contributed by atoms with Gasteiger partial charge in [-0.2, -0.15) is 0 Å². The number of ether oxygens (including phenoxy) is 2. The molecule has 424 valence electrons. The first-order valence-electron chi connectivity index (χ1n) is 29.6. The highest BCUT2D eigenvalue weighted by molar-refractivity contribution is 5.76. The number of nitrogens with one attached hydrogen (secondary N) is 1. The Hall–Kier alpha value is -3.93. The zero-order valence-corrected chi connectivity index (χ0v) is 47.0. The van der Waals surface area contributed by atoms with Crippen LogP contribution >= 0.6 is 0 Å². The lowest BCUT2D eigenvalue weighted by Crippen LogP contribution is -2.60. The van der Waals surface area contributed by atoms with E-state index in [1.807, 2.05) is 6.08 Å². The third-order valence-electron chi connectivity index (χ3n) is 12.9. The van der Waals surface area contributed by atoms with Crippen molar-refractivity contribution in [2.75, 3.05) is 13.2 Å². The molecule has 0 aliphatic carbocycles. The molecular weight excluding hydrogens is 935 g/mol. The maximum Gasteiger partial charge on any atom is 0.220 e. The van der Waals surface area contributed by atoms with Gasteiger partial charge in [-0.05, 0) is 109 Å².